The summed E-state index contributed by atoms with van der Waals surface area (Å²) < 4.78 is 5.18. The maximum Gasteiger partial charge on any atom is 0.341 e. The fourth-order valence-electron chi connectivity index (χ4n) is 2.18. The van der Waals surface area contributed by atoms with Crippen molar-refractivity contribution in [3.63, 3.8) is 0 Å². The second kappa shape index (κ2) is 5.01. The summed E-state index contributed by atoms with van der Waals surface area (Å²) in [7, 11) is 0. The molecule has 0 bridgehead atoms. The van der Waals surface area contributed by atoms with Gasteiger partial charge in [-0.15, -0.1) is 11.3 Å². The fraction of sp³-hybridized carbons (Fsp3) is 0.286. The monoisotopic (exact) mass is 275 g/mol. The van der Waals surface area contributed by atoms with Crippen LogP contribution < -0.4 is 4.74 Å². The Morgan fingerprint density at radius 1 is 1.42 bits per heavy atom. The molecule has 1 heterocycles. The normalized spacial score (nSPS) is 13.3. The first-order chi connectivity index (χ1) is 9.22. The number of hydrogen-bond donors (Lipinski definition) is 1. The van der Waals surface area contributed by atoms with E-state index in [1.165, 1.54) is 17.0 Å². The third-order valence-electron chi connectivity index (χ3n) is 3.04. The van der Waals surface area contributed by atoms with Gasteiger partial charge in [-0.25, -0.2) is 9.78 Å². The number of carboxylic acid groups (broad SMARTS) is 1. The molecule has 0 aliphatic heterocycles. The van der Waals surface area contributed by atoms with Crippen LogP contribution in [0.4, 0.5) is 0 Å². The maximum atomic E-state index is 10.5. The van der Waals surface area contributed by atoms with Crippen LogP contribution >= 0.6 is 11.3 Å². The Balaban J connectivity index is 1.83. The predicted molar refractivity (Wildman–Crippen MR) is 72.7 cm³/mol. The van der Waals surface area contributed by atoms with E-state index >= 15 is 0 Å². The standard InChI is InChI=1S/C14H13NO3S/c16-13(17)8-18-10-4-1-3-9(7-10)14-15-11-5-2-6-12(11)19-14/h1,3-4,7H,2,5-6,8H2,(H,16,17). The number of carboxylic acids is 1. The molecule has 0 saturated carbocycles. The topological polar surface area (TPSA) is 59.4 Å². The van der Waals surface area contributed by atoms with Crippen molar-refractivity contribution in [1.82, 2.24) is 4.98 Å². The largest absolute Gasteiger partial charge is 0.482 e. The highest BCUT2D eigenvalue weighted by Crippen LogP contribution is 2.34. The number of benzene rings is 1. The van der Waals surface area contributed by atoms with Crippen molar-refractivity contribution in [1.29, 1.82) is 0 Å². The second-order valence-electron chi connectivity index (χ2n) is 4.45. The molecular formula is C14H13NO3S. The molecule has 0 atom stereocenters. The van der Waals surface area contributed by atoms with Crippen molar-refractivity contribution in [2.75, 3.05) is 6.61 Å². The van der Waals surface area contributed by atoms with E-state index in [9.17, 15) is 4.79 Å². The molecular weight excluding hydrogens is 262 g/mol. The average molecular weight is 275 g/mol. The molecule has 0 unspecified atom stereocenters. The Kier molecular flexibility index (Phi) is 3.21. The van der Waals surface area contributed by atoms with Gasteiger partial charge in [0.1, 0.15) is 10.8 Å². The molecule has 0 fully saturated rings. The summed E-state index contributed by atoms with van der Waals surface area (Å²) in [5, 5.41) is 9.60. The Bertz CT molecular complexity index is 599. The molecule has 0 radical (unpaired) electrons. The highest BCUT2D eigenvalue weighted by Gasteiger charge is 2.17. The fourth-order valence-corrected chi connectivity index (χ4v) is 3.32. The molecule has 5 heteroatoms. The van der Waals surface area contributed by atoms with Crippen LogP contribution in [0.25, 0.3) is 10.6 Å². The number of aliphatic carboxylic acids is 1. The lowest BCUT2D eigenvalue weighted by molar-refractivity contribution is -0.139. The first-order valence-corrected chi connectivity index (χ1v) is 6.97. The van der Waals surface area contributed by atoms with Crippen LogP contribution in [0.1, 0.15) is 17.0 Å². The first-order valence-electron chi connectivity index (χ1n) is 6.16. The summed E-state index contributed by atoms with van der Waals surface area (Å²) >= 11 is 1.73. The highest BCUT2D eigenvalue weighted by atomic mass is 32.1. The summed E-state index contributed by atoms with van der Waals surface area (Å²) in [6.45, 7) is -0.322. The second-order valence-corrected chi connectivity index (χ2v) is 5.54. The molecule has 1 aromatic heterocycles. The number of hydrogen-bond acceptors (Lipinski definition) is 4. The van der Waals surface area contributed by atoms with Crippen LogP contribution in [0, 0.1) is 0 Å². The van der Waals surface area contributed by atoms with E-state index < -0.39 is 5.97 Å². The van der Waals surface area contributed by atoms with E-state index in [0.717, 1.165) is 23.4 Å². The van der Waals surface area contributed by atoms with E-state index in [1.807, 2.05) is 18.2 Å². The molecule has 1 aliphatic carbocycles. The predicted octanol–water partition coefficient (Wildman–Crippen LogP) is 2.76. The summed E-state index contributed by atoms with van der Waals surface area (Å²) in [5.41, 5.74) is 2.21. The number of thiazole rings is 1. The van der Waals surface area contributed by atoms with E-state index in [-0.39, 0.29) is 6.61 Å². The number of aromatic nitrogens is 1. The minimum Gasteiger partial charge on any atom is -0.482 e. The molecule has 3 rings (SSSR count). The van der Waals surface area contributed by atoms with Crippen LogP contribution in [0.2, 0.25) is 0 Å². The summed E-state index contributed by atoms with van der Waals surface area (Å²) in [5.74, 6) is -0.408. The van der Waals surface area contributed by atoms with Crippen LogP contribution in [0.15, 0.2) is 24.3 Å². The summed E-state index contributed by atoms with van der Waals surface area (Å²) in [6.07, 6.45) is 3.40. The van der Waals surface area contributed by atoms with Gasteiger partial charge in [-0.1, -0.05) is 12.1 Å². The maximum absolute atomic E-state index is 10.5. The number of carbonyl (C=O) groups is 1. The van der Waals surface area contributed by atoms with Crippen molar-refractivity contribution >= 4 is 17.3 Å². The van der Waals surface area contributed by atoms with Crippen molar-refractivity contribution in [2.24, 2.45) is 0 Å². The lowest BCUT2D eigenvalue weighted by Crippen LogP contribution is -2.09. The zero-order valence-corrected chi connectivity index (χ0v) is 11.1. The van der Waals surface area contributed by atoms with Gasteiger partial charge < -0.3 is 9.84 Å². The minimum absolute atomic E-state index is 0.322. The lowest BCUT2D eigenvalue weighted by Gasteiger charge is -2.04. The molecule has 1 N–H and O–H groups in total. The molecule has 19 heavy (non-hydrogen) atoms. The van der Waals surface area contributed by atoms with Crippen molar-refractivity contribution in [3.8, 4) is 16.3 Å². The Labute approximate surface area is 114 Å². The molecule has 98 valence electrons. The Morgan fingerprint density at radius 2 is 2.32 bits per heavy atom. The van der Waals surface area contributed by atoms with E-state index in [4.69, 9.17) is 9.84 Å². The zero-order valence-electron chi connectivity index (χ0n) is 10.3. The highest BCUT2D eigenvalue weighted by molar-refractivity contribution is 7.15. The number of nitrogens with zero attached hydrogens (tertiary/aromatic N) is 1. The third kappa shape index (κ3) is 2.61. The Hall–Kier alpha value is -1.88. The Morgan fingerprint density at radius 3 is 3.11 bits per heavy atom. The number of fused-ring (bicyclic) bond motifs is 1. The van der Waals surface area contributed by atoms with Crippen molar-refractivity contribution in [2.45, 2.75) is 19.3 Å². The molecule has 0 spiro atoms. The van der Waals surface area contributed by atoms with Gasteiger partial charge in [0.05, 0.1) is 5.69 Å². The van der Waals surface area contributed by atoms with E-state index in [0.29, 0.717) is 5.75 Å². The third-order valence-corrected chi connectivity index (χ3v) is 4.25. The quantitative estimate of drug-likeness (QED) is 0.932. The average Bonchev–Trinajstić information content (AvgIpc) is 2.97. The molecule has 1 aromatic carbocycles. The SMILES string of the molecule is O=C(O)COc1cccc(-c2nc3c(s2)CCC3)c1. The van der Waals surface area contributed by atoms with Crippen LogP contribution in [-0.4, -0.2) is 22.7 Å². The van der Waals surface area contributed by atoms with Gasteiger partial charge in [0.25, 0.3) is 0 Å². The van der Waals surface area contributed by atoms with E-state index in [1.54, 1.807) is 17.4 Å². The van der Waals surface area contributed by atoms with Crippen LogP contribution in [-0.2, 0) is 17.6 Å². The van der Waals surface area contributed by atoms with Gasteiger partial charge in [-0.2, -0.15) is 0 Å². The van der Waals surface area contributed by atoms with Gasteiger partial charge in [-0.05, 0) is 31.4 Å². The van der Waals surface area contributed by atoms with Crippen LogP contribution in [0.3, 0.4) is 0 Å². The number of aryl methyl sites for hydroxylation is 2. The first kappa shape index (κ1) is 12.2. The molecule has 1 aliphatic rings. The summed E-state index contributed by atoms with van der Waals surface area (Å²) in [6, 6.07) is 7.44. The van der Waals surface area contributed by atoms with Crippen molar-refractivity contribution in [3.05, 3.63) is 34.8 Å². The van der Waals surface area contributed by atoms with Gasteiger partial charge >= 0.3 is 5.97 Å². The minimum atomic E-state index is -0.973. The molecule has 4 nitrogen and oxygen atoms in total. The molecule has 2 aromatic rings. The van der Waals surface area contributed by atoms with E-state index in [2.05, 4.69) is 4.98 Å². The summed E-state index contributed by atoms with van der Waals surface area (Å²) in [4.78, 5) is 16.5. The van der Waals surface area contributed by atoms with Crippen LogP contribution in [0.5, 0.6) is 5.75 Å². The number of ether oxygens (including phenoxy) is 1. The smallest absolute Gasteiger partial charge is 0.341 e. The van der Waals surface area contributed by atoms with Gasteiger partial charge in [0.15, 0.2) is 6.61 Å². The van der Waals surface area contributed by atoms with Gasteiger partial charge in [0.2, 0.25) is 0 Å². The number of rotatable bonds is 4. The zero-order chi connectivity index (χ0) is 13.2. The molecule has 0 saturated heterocycles. The van der Waals surface area contributed by atoms with Gasteiger partial charge in [0, 0.05) is 10.4 Å². The molecule has 0 amide bonds. The van der Waals surface area contributed by atoms with Gasteiger partial charge in [-0.3, -0.25) is 0 Å². The van der Waals surface area contributed by atoms with Crippen molar-refractivity contribution < 1.29 is 14.6 Å². The lowest BCUT2D eigenvalue weighted by atomic mass is 10.2.